The maximum absolute atomic E-state index is 11.0. The Morgan fingerprint density at radius 1 is 1.11 bits per heavy atom. The van der Waals surface area contributed by atoms with Crippen LogP contribution in [0.4, 0.5) is 0 Å². The smallest absolute Gasteiger partial charge is 0.252 e. The molecule has 0 heterocycles. The standard InChI is InChI=1S/C14H9Cl3O2/c15-11-5-4-10(13(16)7-11)8-19-12-3-1-2-9(6-12)14(17)18/h1-7H,8H2. The highest BCUT2D eigenvalue weighted by Crippen LogP contribution is 2.23. The van der Waals surface area contributed by atoms with Crippen molar-refractivity contribution in [2.75, 3.05) is 0 Å². The molecule has 2 aromatic rings. The fourth-order valence-corrected chi connectivity index (χ4v) is 2.09. The Morgan fingerprint density at radius 2 is 1.89 bits per heavy atom. The van der Waals surface area contributed by atoms with Crippen LogP contribution in [0.15, 0.2) is 42.5 Å². The van der Waals surface area contributed by atoms with Crippen LogP contribution >= 0.6 is 34.8 Å². The van der Waals surface area contributed by atoms with Crippen molar-refractivity contribution in [3.05, 3.63) is 63.6 Å². The summed E-state index contributed by atoms with van der Waals surface area (Å²) in [5.41, 5.74) is 1.20. The minimum Gasteiger partial charge on any atom is -0.489 e. The maximum Gasteiger partial charge on any atom is 0.252 e. The van der Waals surface area contributed by atoms with Crippen molar-refractivity contribution in [2.24, 2.45) is 0 Å². The van der Waals surface area contributed by atoms with Crippen LogP contribution in [0.5, 0.6) is 5.75 Å². The summed E-state index contributed by atoms with van der Waals surface area (Å²) in [6.07, 6.45) is 0. The molecular formula is C14H9Cl3O2. The summed E-state index contributed by atoms with van der Waals surface area (Å²) >= 11 is 17.3. The average Bonchev–Trinajstić information content (AvgIpc) is 2.38. The van der Waals surface area contributed by atoms with E-state index in [0.29, 0.717) is 21.4 Å². The molecule has 2 aromatic carbocycles. The van der Waals surface area contributed by atoms with E-state index in [-0.39, 0.29) is 6.61 Å². The van der Waals surface area contributed by atoms with Gasteiger partial charge in [0.25, 0.3) is 5.24 Å². The van der Waals surface area contributed by atoms with Crippen molar-refractivity contribution in [1.29, 1.82) is 0 Å². The van der Waals surface area contributed by atoms with Crippen molar-refractivity contribution in [3.63, 3.8) is 0 Å². The van der Waals surface area contributed by atoms with Crippen LogP contribution < -0.4 is 4.74 Å². The van der Waals surface area contributed by atoms with Crippen LogP contribution in [0.3, 0.4) is 0 Å². The average molecular weight is 316 g/mol. The van der Waals surface area contributed by atoms with Crippen LogP contribution in [0.2, 0.25) is 10.0 Å². The van der Waals surface area contributed by atoms with Crippen LogP contribution in [-0.2, 0) is 6.61 Å². The molecule has 0 N–H and O–H groups in total. The normalized spacial score (nSPS) is 10.3. The molecule has 0 radical (unpaired) electrons. The van der Waals surface area contributed by atoms with Crippen LogP contribution in [0, 0.1) is 0 Å². The monoisotopic (exact) mass is 314 g/mol. The molecule has 0 amide bonds. The lowest BCUT2D eigenvalue weighted by Crippen LogP contribution is -1.97. The summed E-state index contributed by atoms with van der Waals surface area (Å²) in [7, 11) is 0. The number of halogens is 3. The number of ether oxygens (including phenoxy) is 1. The van der Waals surface area contributed by atoms with E-state index in [1.807, 2.05) is 0 Å². The first-order chi connectivity index (χ1) is 9.06. The molecule has 0 atom stereocenters. The molecule has 0 aromatic heterocycles. The molecule has 2 rings (SSSR count). The summed E-state index contributed by atoms with van der Waals surface area (Å²) in [5.74, 6) is 0.553. The number of benzene rings is 2. The predicted octanol–water partition coefficient (Wildman–Crippen LogP) is 4.95. The van der Waals surface area contributed by atoms with E-state index in [0.717, 1.165) is 5.56 Å². The fourth-order valence-electron chi connectivity index (χ4n) is 1.51. The molecule has 0 saturated heterocycles. The zero-order valence-corrected chi connectivity index (χ0v) is 12.0. The van der Waals surface area contributed by atoms with E-state index < -0.39 is 5.24 Å². The number of carbonyl (C=O) groups is 1. The molecule has 98 valence electrons. The molecule has 0 saturated carbocycles. The Labute approximate surface area is 125 Å². The summed E-state index contributed by atoms with van der Waals surface area (Å²) in [4.78, 5) is 11.0. The van der Waals surface area contributed by atoms with Crippen molar-refractivity contribution >= 4 is 40.0 Å². The molecule has 0 aliphatic heterocycles. The third kappa shape index (κ3) is 3.87. The Balaban J connectivity index is 2.10. The van der Waals surface area contributed by atoms with E-state index in [2.05, 4.69) is 0 Å². The van der Waals surface area contributed by atoms with Gasteiger partial charge < -0.3 is 4.74 Å². The number of hydrogen-bond acceptors (Lipinski definition) is 2. The van der Waals surface area contributed by atoms with Gasteiger partial charge in [-0.25, -0.2) is 0 Å². The molecule has 0 unspecified atom stereocenters. The van der Waals surface area contributed by atoms with Gasteiger partial charge in [-0.05, 0) is 41.9 Å². The van der Waals surface area contributed by atoms with E-state index in [1.165, 1.54) is 0 Å². The third-order valence-corrected chi connectivity index (χ3v) is 3.28. The second-order valence-electron chi connectivity index (χ2n) is 3.83. The predicted molar refractivity (Wildman–Crippen MR) is 77.4 cm³/mol. The van der Waals surface area contributed by atoms with Crippen molar-refractivity contribution in [3.8, 4) is 5.75 Å². The second-order valence-corrected chi connectivity index (χ2v) is 5.01. The maximum atomic E-state index is 11.0. The molecule has 0 aliphatic rings. The molecule has 0 spiro atoms. The van der Waals surface area contributed by atoms with Gasteiger partial charge in [-0.3, -0.25) is 4.79 Å². The van der Waals surface area contributed by atoms with Gasteiger partial charge in [0.15, 0.2) is 0 Å². The zero-order valence-electron chi connectivity index (χ0n) is 9.70. The molecule has 0 aliphatic carbocycles. The van der Waals surface area contributed by atoms with Gasteiger partial charge in [-0.1, -0.05) is 35.3 Å². The molecule has 0 fully saturated rings. The number of hydrogen-bond donors (Lipinski definition) is 0. The lowest BCUT2D eigenvalue weighted by molar-refractivity contribution is 0.108. The van der Waals surface area contributed by atoms with Gasteiger partial charge >= 0.3 is 0 Å². The quantitative estimate of drug-likeness (QED) is 0.746. The zero-order chi connectivity index (χ0) is 13.8. The van der Waals surface area contributed by atoms with E-state index in [4.69, 9.17) is 39.5 Å². The van der Waals surface area contributed by atoms with E-state index in [1.54, 1.807) is 42.5 Å². The summed E-state index contributed by atoms with van der Waals surface area (Å²) in [6, 6.07) is 11.8. The van der Waals surface area contributed by atoms with Gasteiger partial charge in [-0.2, -0.15) is 0 Å². The summed E-state index contributed by atoms with van der Waals surface area (Å²) in [5, 5.41) is 0.593. The van der Waals surface area contributed by atoms with Gasteiger partial charge in [-0.15, -0.1) is 0 Å². The van der Waals surface area contributed by atoms with Gasteiger partial charge in [0.1, 0.15) is 12.4 Å². The van der Waals surface area contributed by atoms with Gasteiger partial charge in [0, 0.05) is 21.2 Å². The minimum absolute atomic E-state index is 0.288. The Morgan fingerprint density at radius 3 is 2.58 bits per heavy atom. The first kappa shape index (κ1) is 14.2. The topological polar surface area (TPSA) is 26.3 Å². The van der Waals surface area contributed by atoms with Crippen LogP contribution in [0.1, 0.15) is 15.9 Å². The van der Waals surface area contributed by atoms with Gasteiger partial charge in [0.2, 0.25) is 0 Å². The van der Waals surface area contributed by atoms with Crippen molar-refractivity contribution in [2.45, 2.75) is 6.61 Å². The Hall–Kier alpha value is -1.22. The Kier molecular flexibility index (Phi) is 4.70. The van der Waals surface area contributed by atoms with Crippen molar-refractivity contribution in [1.82, 2.24) is 0 Å². The highest BCUT2D eigenvalue weighted by atomic mass is 35.5. The molecule has 19 heavy (non-hydrogen) atoms. The lowest BCUT2D eigenvalue weighted by Gasteiger charge is -2.08. The highest BCUT2D eigenvalue weighted by molar-refractivity contribution is 6.67. The summed E-state index contributed by atoms with van der Waals surface area (Å²) < 4.78 is 5.57. The minimum atomic E-state index is -0.519. The van der Waals surface area contributed by atoms with Crippen LogP contribution in [-0.4, -0.2) is 5.24 Å². The first-order valence-electron chi connectivity index (χ1n) is 5.43. The SMILES string of the molecule is O=C(Cl)c1cccc(OCc2ccc(Cl)cc2Cl)c1. The number of rotatable bonds is 4. The van der Waals surface area contributed by atoms with Gasteiger partial charge in [0.05, 0.1) is 0 Å². The third-order valence-electron chi connectivity index (χ3n) is 2.47. The highest BCUT2D eigenvalue weighted by Gasteiger charge is 2.05. The van der Waals surface area contributed by atoms with Crippen molar-refractivity contribution < 1.29 is 9.53 Å². The molecule has 5 heteroatoms. The molecular weight excluding hydrogens is 307 g/mol. The van der Waals surface area contributed by atoms with E-state index >= 15 is 0 Å². The van der Waals surface area contributed by atoms with Crippen LogP contribution in [0.25, 0.3) is 0 Å². The second kappa shape index (κ2) is 6.29. The number of carbonyl (C=O) groups excluding carboxylic acids is 1. The molecule has 2 nitrogen and oxygen atoms in total. The lowest BCUT2D eigenvalue weighted by atomic mass is 10.2. The fraction of sp³-hybridized carbons (Fsp3) is 0.0714. The largest absolute Gasteiger partial charge is 0.489 e. The Bertz CT molecular complexity index is 611. The molecule has 0 bridgehead atoms. The summed E-state index contributed by atoms with van der Waals surface area (Å²) in [6.45, 7) is 0.288. The first-order valence-corrected chi connectivity index (χ1v) is 6.56. The van der Waals surface area contributed by atoms with E-state index in [9.17, 15) is 4.79 Å².